The van der Waals surface area contributed by atoms with Gasteiger partial charge in [-0.15, -0.1) is 11.3 Å². The molecule has 0 aliphatic heterocycles. The molecule has 2 rings (SSSR count). The molecule has 0 atom stereocenters. The van der Waals surface area contributed by atoms with E-state index in [1.807, 2.05) is 11.4 Å². The highest BCUT2D eigenvalue weighted by Crippen LogP contribution is 2.25. The zero-order chi connectivity index (χ0) is 12.3. The van der Waals surface area contributed by atoms with Gasteiger partial charge in [-0.05, 0) is 11.4 Å². The number of nitrogens with one attached hydrogen (secondary N) is 2. The van der Waals surface area contributed by atoms with E-state index in [2.05, 4.69) is 20.6 Å². The monoisotopic (exact) mass is 251 g/mol. The number of fused-ring (bicyclic) bond motifs is 1. The molecule has 4 N–H and O–H groups in total. The average Bonchev–Trinajstić information content (AvgIpc) is 2.71. The quantitative estimate of drug-likeness (QED) is 0.700. The van der Waals surface area contributed by atoms with Crippen molar-refractivity contribution >= 4 is 39.2 Å². The zero-order valence-corrected chi connectivity index (χ0v) is 10.2. The molecule has 90 valence electrons. The van der Waals surface area contributed by atoms with Crippen molar-refractivity contribution in [3.63, 3.8) is 0 Å². The summed E-state index contributed by atoms with van der Waals surface area (Å²) < 4.78 is 0. The van der Waals surface area contributed by atoms with Gasteiger partial charge in [0.1, 0.15) is 10.6 Å². The van der Waals surface area contributed by atoms with Crippen molar-refractivity contribution in [3.8, 4) is 0 Å². The van der Waals surface area contributed by atoms with Gasteiger partial charge in [0.2, 0.25) is 11.9 Å². The van der Waals surface area contributed by atoms with Crippen molar-refractivity contribution in [3.05, 3.63) is 11.4 Å². The fourth-order valence-corrected chi connectivity index (χ4v) is 2.20. The van der Waals surface area contributed by atoms with Crippen LogP contribution in [0.5, 0.6) is 0 Å². The Morgan fingerprint density at radius 3 is 3.06 bits per heavy atom. The Kier molecular flexibility index (Phi) is 3.38. The molecule has 0 saturated carbocycles. The van der Waals surface area contributed by atoms with Crippen LogP contribution in [0.2, 0.25) is 0 Å². The van der Waals surface area contributed by atoms with Crippen LogP contribution in [0.15, 0.2) is 11.4 Å². The van der Waals surface area contributed by atoms with Crippen LogP contribution >= 0.6 is 11.3 Å². The first-order valence-corrected chi connectivity index (χ1v) is 6.04. The summed E-state index contributed by atoms with van der Waals surface area (Å²) in [5, 5.41) is 8.72. The van der Waals surface area contributed by atoms with E-state index >= 15 is 0 Å². The van der Waals surface area contributed by atoms with Gasteiger partial charge in [-0.2, -0.15) is 4.98 Å². The summed E-state index contributed by atoms with van der Waals surface area (Å²) in [7, 11) is 0. The summed E-state index contributed by atoms with van der Waals surface area (Å²) in [5.41, 5.74) is 5.61. The molecule has 0 bridgehead atoms. The van der Waals surface area contributed by atoms with Crippen molar-refractivity contribution in [2.75, 3.05) is 24.1 Å². The third-order valence-corrected chi connectivity index (χ3v) is 2.94. The van der Waals surface area contributed by atoms with E-state index in [9.17, 15) is 4.79 Å². The SMILES string of the molecule is CC(=O)NCCNc1nc(N)nc2sccc12. The fourth-order valence-electron chi connectivity index (χ4n) is 1.43. The second-order valence-electron chi connectivity index (χ2n) is 3.48. The fraction of sp³-hybridized carbons (Fsp3) is 0.300. The summed E-state index contributed by atoms with van der Waals surface area (Å²) in [6, 6.07) is 1.94. The van der Waals surface area contributed by atoms with Crippen molar-refractivity contribution in [2.45, 2.75) is 6.92 Å². The maximum Gasteiger partial charge on any atom is 0.223 e. The Labute approximate surface area is 102 Å². The van der Waals surface area contributed by atoms with Crippen LogP contribution in [0.4, 0.5) is 11.8 Å². The number of aromatic nitrogens is 2. The van der Waals surface area contributed by atoms with E-state index in [1.165, 1.54) is 18.3 Å². The molecular weight excluding hydrogens is 238 g/mol. The smallest absolute Gasteiger partial charge is 0.223 e. The van der Waals surface area contributed by atoms with Crippen molar-refractivity contribution in [2.24, 2.45) is 0 Å². The minimum atomic E-state index is -0.0466. The van der Waals surface area contributed by atoms with Crippen LogP contribution in [0.25, 0.3) is 10.2 Å². The molecule has 7 heteroatoms. The number of carbonyl (C=O) groups excluding carboxylic acids is 1. The molecule has 0 unspecified atom stereocenters. The number of nitrogens with zero attached hydrogens (tertiary/aromatic N) is 2. The van der Waals surface area contributed by atoms with Gasteiger partial charge in [0.15, 0.2) is 0 Å². The predicted octanol–water partition coefficient (Wildman–Crippen LogP) is 0.821. The number of anilines is 2. The molecular formula is C10H13N5OS. The third-order valence-electron chi connectivity index (χ3n) is 2.13. The molecule has 0 radical (unpaired) electrons. The summed E-state index contributed by atoms with van der Waals surface area (Å²) in [6.07, 6.45) is 0. The lowest BCUT2D eigenvalue weighted by Gasteiger charge is -2.07. The van der Waals surface area contributed by atoms with Gasteiger partial charge in [0, 0.05) is 20.0 Å². The normalized spacial score (nSPS) is 10.4. The number of thiophene rings is 1. The average molecular weight is 251 g/mol. The maximum absolute atomic E-state index is 10.7. The first-order chi connectivity index (χ1) is 8.16. The Morgan fingerprint density at radius 2 is 2.29 bits per heavy atom. The van der Waals surface area contributed by atoms with E-state index in [4.69, 9.17) is 5.73 Å². The zero-order valence-electron chi connectivity index (χ0n) is 9.36. The highest BCUT2D eigenvalue weighted by molar-refractivity contribution is 7.16. The number of rotatable bonds is 4. The van der Waals surface area contributed by atoms with Gasteiger partial charge in [-0.1, -0.05) is 0 Å². The maximum atomic E-state index is 10.7. The molecule has 0 aliphatic carbocycles. The summed E-state index contributed by atoms with van der Waals surface area (Å²) in [6.45, 7) is 2.63. The summed E-state index contributed by atoms with van der Waals surface area (Å²) in [4.78, 5) is 19.8. The Bertz CT molecular complexity index is 538. The van der Waals surface area contributed by atoms with Crippen LogP contribution in [0.3, 0.4) is 0 Å². The van der Waals surface area contributed by atoms with Crippen LogP contribution in [0.1, 0.15) is 6.92 Å². The van der Waals surface area contributed by atoms with Crippen LogP contribution in [-0.2, 0) is 4.79 Å². The van der Waals surface area contributed by atoms with Gasteiger partial charge < -0.3 is 16.4 Å². The molecule has 1 amide bonds. The van der Waals surface area contributed by atoms with Crippen molar-refractivity contribution in [1.82, 2.24) is 15.3 Å². The molecule has 0 saturated heterocycles. The number of hydrogen-bond donors (Lipinski definition) is 3. The molecule has 0 fully saturated rings. The van der Waals surface area contributed by atoms with Gasteiger partial charge in [0.25, 0.3) is 0 Å². The molecule has 0 aliphatic rings. The third kappa shape index (κ3) is 2.82. The number of hydrogen-bond acceptors (Lipinski definition) is 6. The Balaban J connectivity index is 2.07. The lowest BCUT2D eigenvalue weighted by Crippen LogP contribution is -2.26. The number of nitrogens with two attached hydrogens (primary N) is 1. The Morgan fingerprint density at radius 1 is 1.47 bits per heavy atom. The van der Waals surface area contributed by atoms with Gasteiger partial charge in [-0.3, -0.25) is 4.79 Å². The van der Waals surface area contributed by atoms with Gasteiger partial charge >= 0.3 is 0 Å². The first-order valence-electron chi connectivity index (χ1n) is 5.16. The first kappa shape index (κ1) is 11.6. The van der Waals surface area contributed by atoms with Crippen molar-refractivity contribution < 1.29 is 4.79 Å². The molecule has 0 aromatic carbocycles. The van der Waals surface area contributed by atoms with E-state index in [-0.39, 0.29) is 11.9 Å². The highest BCUT2D eigenvalue weighted by atomic mass is 32.1. The van der Waals surface area contributed by atoms with E-state index in [0.717, 1.165) is 10.2 Å². The lowest BCUT2D eigenvalue weighted by atomic mass is 10.4. The van der Waals surface area contributed by atoms with Crippen LogP contribution in [-0.4, -0.2) is 29.0 Å². The standard InChI is InChI=1S/C10H13N5OS/c1-6(16)12-3-4-13-8-7-2-5-17-9(7)15-10(11)14-8/h2,5H,3-4H2,1H3,(H,12,16)(H3,11,13,14,15). The number of amides is 1. The van der Waals surface area contributed by atoms with Crippen LogP contribution in [0, 0.1) is 0 Å². The minimum absolute atomic E-state index is 0.0466. The highest BCUT2D eigenvalue weighted by Gasteiger charge is 2.06. The molecule has 17 heavy (non-hydrogen) atoms. The molecule has 6 nitrogen and oxygen atoms in total. The second kappa shape index (κ2) is 4.96. The van der Waals surface area contributed by atoms with E-state index < -0.39 is 0 Å². The minimum Gasteiger partial charge on any atom is -0.368 e. The van der Waals surface area contributed by atoms with Crippen molar-refractivity contribution in [1.29, 1.82) is 0 Å². The van der Waals surface area contributed by atoms with Gasteiger partial charge in [0.05, 0.1) is 5.39 Å². The second-order valence-corrected chi connectivity index (χ2v) is 4.37. The van der Waals surface area contributed by atoms with E-state index in [1.54, 1.807) is 0 Å². The summed E-state index contributed by atoms with van der Waals surface area (Å²) >= 11 is 1.52. The summed E-state index contributed by atoms with van der Waals surface area (Å²) in [5.74, 6) is 0.913. The lowest BCUT2D eigenvalue weighted by molar-refractivity contribution is -0.118. The van der Waals surface area contributed by atoms with Gasteiger partial charge in [-0.25, -0.2) is 4.98 Å². The number of nitrogen functional groups attached to an aromatic ring is 1. The van der Waals surface area contributed by atoms with Crippen LogP contribution < -0.4 is 16.4 Å². The topological polar surface area (TPSA) is 92.9 Å². The Hall–Kier alpha value is -1.89. The molecule has 2 aromatic rings. The number of carbonyl (C=O) groups is 1. The predicted molar refractivity (Wildman–Crippen MR) is 69.0 cm³/mol. The van der Waals surface area contributed by atoms with E-state index in [0.29, 0.717) is 18.9 Å². The molecule has 2 aromatic heterocycles. The molecule has 0 spiro atoms. The molecule has 2 heterocycles. The largest absolute Gasteiger partial charge is 0.368 e.